The standard InChI is InChI=1S/C7H11NO2/c1-6(10)8-4-2-3-7(8)5-9/h5,7H,2-4H2,1H3/t7-/m0/s1/i2T/t2-,7+/m1. The van der Waals surface area contributed by atoms with Crippen LogP contribution in [0.4, 0.5) is 0 Å². The zero-order valence-electron chi connectivity index (χ0n) is 6.91. The number of likely N-dealkylation sites (tertiary alicyclic amines) is 1. The van der Waals surface area contributed by atoms with Crippen LogP contribution in [-0.2, 0) is 9.59 Å². The average Bonchev–Trinajstić information content (AvgIpc) is 2.30. The van der Waals surface area contributed by atoms with Gasteiger partial charge in [0.25, 0.3) is 0 Å². The van der Waals surface area contributed by atoms with Crippen LogP contribution >= 0.6 is 0 Å². The molecular weight excluding hydrogens is 130 g/mol. The van der Waals surface area contributed by atoms with Crippen molar-refractivity contribution < 1.29 is 11.0 Å². The number of nitrogens with zero attached hydrogens (tertiary/aromatic N) is 1. The van der Waals surface area contributed by atoms with Gasteiger partial charge in [0, 0.05) is 14.8 Å². The van der Waals surface area contributed by atoms with Crippen LogP contribution in [0.5, 0.6) is 0 Å². The van der Waals surface area contributed by atoms with E-state index >= 15 is 0 Å². The zero-order chi connectivity index (χ0) is 8.43. The molecule has 0 N–H and O–H groups in total. The summed E-state index contributed by atoms with van der Waals surface area (Å²) in [7, 11) is 0. The van der Waals surface area contributed by atoms with Gasteiger partial charge in [-0.25, -0.2) is 0 Å². The molecule has 1 amide bonds. The van der Waals surface area contributed by atoms with Crippen molar-refractivity contribution >= 4 is 12.2 Å². The summed E-state index contributed by atoms with van der Waals surface area (Å²) in [6, 6.07) is -0.352. The fourth-order valence-corrected chi connectivity index (χ4v) is 1.14. The summed E-state index contributed by atoms with van der Waals surface area (Å²) in [6.07, 6.45) is 0.952. The first-order chi connectivity index (χ1) is 5.15. The average molecular weight is 143 g/mol. The second-order valence-electron chi connectivity index (χ2n) is 2.40. The molecule has 1 fully saturated rings. The first kappa shape index (κ1) is 5.89. The number of carbonyl (C=O) groups excluding carboxylic acids is 2. The Balaban J connectivity index is 2.64. The van der Waals surface area contributed by atoms with Crippen molar-refractivity contribution in [1.82, 2.24) is 4.90 Å². The molecule has 0 saturated carbocycles. The van der Waals surface area contributed by atoms with Crippen LogP contribution in [0.1, 0.15) is 21.1 Å². The van der Waals surface area contributed by atoms with Crippen molar-refractivity contribution in [3.8, 4) is 0 Å². The Morgan fingerprint density at radius 1 is 1.90 bits per heavy atom. The van der Waals surface area contributed by atoms with Crippen molar-refractivity contribution in [3.63, 3.8) is 0 Å². The van der Waals surface area contributed by atoms with Crippen molar-refractivity contribution in [1.29, 1.82) is 0 Å². The van der Waals surface area contributed by atoms with Gasteiger partial charge < -0.3 is 9.69 Å². The molecule has 1 rings (SSSR count). The van der Waals surface area contributed by atoms with Crippen molar-refractivity contribution in [2.24, 2.45) is 0 Å². The molecule has 56 valence electrons. The van der Waals surface area contributed by atoms with Gasteiger partial charge in [0.15, 0.2) is 0 Å². The van der Waals surface area contributed by atoms with E-state index in [1.54, 1.807) is 0 Å². The number of hydrogen-bond acceptors (Lipinski definition) is 2. The molecular formula is C7H11NO2. The van der Waals surface area contributed by atoms with E-state index < -0.39 is 0 Å². The van der Waals surface area contributed by atoms with Crippen LogP contribution in [0.15, 0.2) is 0 Å². The molecule has 0 unspecified atom stereocenters. The summed E-state index contributed by atoms with van der Waals surface area (Å²) in [5.74, 6) is -0.114. The fourth-order valence-electron chi connectivity index (χ4n) is 1.14. The molecule has 0 aliphatic carbocycles. The predicted molar refractivity (Wildman–Crippen MR) is 36.5 cm³/mol. The molecule has 1 heterocycles. The second-order valence-corrected chi connectivity index (χ2v) is 2.40. The van der Waals surface area contributed by atoms with Crippen LogP contribution in [-0.4, -0.2) is 29.7 Å². The third-order valence-corrected chi connectivity index (χ3v) is 1.70. The number of hydrogen-bond donors (Lipinski definition) is 0. The molecule has 0 aromatic carbocycles. The summed E-state index contributed by atoms with van der Waals surface area (Å²) in [5, 5.41) is 0. The highest BCUT2D eigenvalue weighted by molar-refractivity contribution is 5.78. The molecule has 3 nitrogen and oxygen atoms in total. The van der Waals surface area contributed by atoms with Gasteiger partial charge in [0.05, 0.1) is 6.04 Å². The Morgan fingerprint density at radius 3 is 3.00 bits per heavy atom. The maximum atomic E-state index is 10.8. The summed E-state index contributed by atoms with van der Waals surface area (Å²) in [4.78, 5) is 22.7. The smallest absolute Gasteiger partial charge is 0.220 e. The number of carbonyl (C=O) groups is 2. The molecule has 2 atom stereocenters. The van der Waals surface area contributed by atoms with E-state index in [2.05, 4.69) is 0 Å². The normalized spacial score (nSPS) is 33.7. The van der Waals surface area contributed by atoms with Gasteiger partial charge in [-0.1, -0.05) is 0 Å². The minimum atomic E-state index is -0.352. The Labute approximate surface area is 61.4 Å². The van der Waals surface area contributed by atoms with Crippen LogP contribution < -0.4 is 0 Å². The molecule has 1 aliphatic rings. The minimum Gasteiger partial charge on any atom is -0.333 e. The van der Waals surface area contributed by atoms with Crippen LogP contribution in [0.25, 0.3) is 0 Å². The van der Waals surface area contributed by atoms with E-state index in [0.717, 1.165) is 6.29 Å². The highest BCUT2D eigenvalue weighted by Crippen LogP contribution is 2.14. The Kier molecular flexibility index (Phi) is 1.66. The van der Waals surface area contributed by atoms with E-state index in [4.69, 9.17) is 1.37 Å². The first-order valence-electron chi connectivity index (χ1n) is 3.87. The van der Waals surface area contributed by atoms with Crippen LogP contribution in [0, 0.1) is 0 Å². The van der Waals surface area contributed by atoms with Crippen LogP contribution in [0.3, 0.4) is 0 Å². The fraction of sp³-hybridized carbons (Fsp3) is 0.714. The number of rotatable bonds is 1. The second kappa shape index (κ2) is 2.82. The highest BCUT2D eigenvalue weighted by Gasteiger charge is 2.25. The third kappa shape index (κ3) is 1.17. The van der Waals surface area contributed by atoms with E-state index in [1.807, 2.05) is 0 Å². The van der Waals surface area contributed by atoms with Gasteiger partial charge in [-0.15, -0.1) is 0 Å². The lowest BCUT2D eigenvalue weighted by molar-refractivity contribution is -0.132. The third-order valence-electron chi connectivity index (χ3n) is 1.70. The maximum absolute atomic E-state index is 10.8. The van der Waals surface area contributed by atoms with Crippen molar-refractivity contribution in [2.45, 2.75) is 25.8 Å². The topological polar surface area (TPSA) is 37.4 Å². The van der Waals surface area contributed by atoms with E-state index in [-0.39, 0.29) is 18.3 Å². The van der Waals surface area contributed by atoms with Gasteiger partial charge in [-0.3, -0.25) is 4.79 Å². The maximum Gasteiger partial charge on any atom is 0.220 e. The molecule has 10 heavy (non-hydrogen) atoms. The van der Waals surface area contributed by atoms with Gasteiger partial charge in [-0.2, -0.15) is 0 Å². The predicted octanol–water partition coefficient (Wildman–Crippen LogP) is 0.196. The first-order valence-corrected chi connectivity index (χ1v) is 3.30. The summed E-state index contributed by atoms with van der Waals surface area (Å²) in [6.45, 7) is 1.83. The van der Waals surface area contributed by atoms with Gasteiger partial charge in [-0.05, 0) is 12.8 Å². The van der Waals surface area contributed by atoms with Gasteiger partial charge in [0.2, 0.25) is 5.91 Å². The van der Waals surface area contributed by atoms with E-state index in [9.17, 15) is 9.59 Å². The monoisotopic (exact) mass is 143 g/mol. The molecule has 0 spiro atoms. The Hall–Kier alpha value is -0.860. The quantitative estimate of drug-likeness (QED) is 0.491. The number of aldehydes is 1. The summed E-state index contributed by atoms with van der Waals surface area (Å²) in [5.41, 5.74) is 0. The van der Waals surface area contributed by atoms with Gasteiger partial charge in [0.1, 0.15) is 6.29 Å². The SMILES string of the molecule is [3H][C@@H]1C[C@@H](C=O)N(C(C)=O)C1. The molecule has 0 bridgehead atoms. The highest BCUT2D eigenvalue weighted by atomic mass is 16.2. The van der Waals surface area contributed by atoms with Crippen LogP contribution in [0.2, 0.25) is 0 Å². The van der Waals surface area contributed by atoms with E-state index in [0.29, 0.717) is 13.0 Å². The van der Waals surface area contributed by atoms with Crippen molar-refractivity contribution in [2.75, 3.05) is 6.54 Å². The Morgan fingerprint density at radius 2 is 2.60 bits per heavy atom. The molecule has 0 aromatic heterocycles. The van der Waals surface area contributed by atoms with Gasteiger partial charge >= 0.3 is 0 Å². The molecule has 1 saturated heterocycles. The summed E-state index contributed by atoms with van der Waals surface area (Å²) >= 11 is 0. The largest absolute Gasteiger partial charge is 0.333 e. The lowest BCUT2D eigenvalue weighted by atomic mass is 10.2. The molecule has 0 radical (unpaired) electrons. The minimum absolute atomic E-state index is 0.114. The lowest BCUT2D eigenvalue weighted by Crippen LogP contribution is -2.34. The van der Waals surface area contributed by atoms with E-state index in [1.165, 1.54) is 11.8 Å². The number of amides is 1. The van der Waals surface area contributed by atoms with Crippen molar-refractivity contribution in [3.05, 3.63) is 0 Å². The molecule has 1 aliphatic heterocycles. The lowest BCUT2D eigenvalue weighted by Gasteiger charge is -2.17. The summed E-state index contributed by atoms with van der Waals surface area (Å²) < 4.78 is 7.34. The molecule has 3 heteroatoms. The zero-order valence-corrected chi connectivity index (χ0v) is 5.91. The Bertz CT molecular complexity index is 183. The molecule has 0 aromatic rings.